The first-order chi connectivity index (χ1) is 8.61. The molecule has 1 amide bonds. The minimum atomic E-state index is -0.130. The van der Waals surface area contributed by atoms with Crippen molar-refractivity contribution in [2.24, 2.45) is 5.92 Å². The fourth-order valence-corrected chi connectivity index (χ4v) is 1.53. The van der Waals surface area contributed by atoms with Gasteiger partial charge in [-0.05, 0) is 36.1 Å². The van der Waals surface area contributed by atoms with E-state index in [1.54, 1.807) is 18.2 Å². The summed E-state index contributed by atoms with van der Waals surface area (Å²) in [4.78, 5) is 11.5. The Morgan fingerprint density at radius 3 is 2.72 bits per heavy atom. The van der Waals surface area contributed by atoms with Crippen LogP contribution in [0.1, 0.15) is 18.9 Å². The van der Waals surface area contributed by atoms with Crippen molar-refractivity contribution in [2.45, 2.75) is 13.3 Å². The van der Waals surface area contributed by atoms with Crippen LogP contribution < -0.4 is 5.32 Å². The molecule has 0 bridgehead atoms. The molecule has 0 heterocycles. The van der Waals surface area contributed by atoms with E-state index in [-0.39, 0.29) is 18.4 Å². The van der Waals surface area contributed by atoms with Crippen molar-refractivity contribution >= 4 is 23.6 Å². The lowest BCUT2D eigenvalue weighted by Crippen LogP contribution is -2.26. The Balaban J connectivity index is 2.37. The lowest BCUT2D eigenvalue weighted by Gasteiger charge is -2.09. The molecule has 0 radical (unpaired) electrons. The summed E-state index contributed by atoms with van der Waals surface area (Å²) in [6.45, 7) is 2.71. The van der Waals surface area contributed by atoms with E-state index in [1.165, 1.54) is 6.08 Å². The molecule has 0 aromatic heterocycles. The van der Waals surface area contributed by atoms with E-state index >= 15 is 0 Å². The van der Waals surface area contributed by atoms with Crippen LogP contribution in [0.25, 0.3) is 6.08 Å². The van der Waals surface area contributed by atoms with Gasteiger partial charge in [0.25, 0.3) is 0 Å². The molecule has 0 aliphatic heterocycles. The van der Waals surface area contributed by atoms with Gasteiger partial charge in [0.1, 0.15) is 0 Å². The molecular weight excluding hydrogens is 250 g/mol. The van der Waals surface area contributed by atoms with E-state index in [0.717, 1.165) is 5.56 Å². The van der Waals surface area contributed by atoms with Crippen LogP contribution in [-0.2, 0) is 4.79 Å². The SMILES string of the molecule is CC(CCO)CNC(=O)/C=C/c1ccc(Cl)cc1. The highest BCUT2D eigenvalue weighted by Gasteiger charge is 2.02. The highest BCUT2D eigenvalue weighted by atomic mass is 35.5. The number of halogens is 1. The predicted octanol–water partition coefficient (Wildman–Crippen LogP) is 2.49. The summed E-state index contributed by atoms with van der Waals surface area (Å²) in [6, 6.07) is 7.26. The van der Waals surface area contributed by atoms with Crippen LogP contribution in [0.4, 0.5) is 0 Å². The zero-order valence-corrected chi connectivity index (χ0v) is 11.2. The minimum Gasteiger partial charge on any atom is -0.396 e. The van der Waals surface area contributed by atoms with Crippen LogP contribution >= 0.6 is 11.6 Å². The topological polar surface area (TPSA) is 49.3 Å². The molecule has 18 heavy (non-hydrogen) atoms. The number of nitrogens with one attached hydrogen (secondary N) is 1. The zero-order chi connectivity index (χ0) is 13.4. The Bertz CT molecular complexity index is 401. The van der Waals surface area contributed by atoms with Gasteiger partial charge in [0.15, 0.2) is 0 Å². The third-order valence-electron chi connectivity index (χ3n) is 2.54. The number of hydrogen-bond donors (Lipinski definition) is 2. The molecule has 1 aromatic carbocycles. The number of amides is 1. The largest absolute Gasteiger partial charge is 0.396 e. The van der Waals surface area contributed by atoms with Crippen molar-refractivity contribution in [3.63, 3.8) is 0 Å². The van der Waals surface area contributed by atoms with Gasteiger partial charge in [0, 0.05) is 24.3 Å². The summed E-state index contributed by atoms with van der Waals surface area (Å²) in [7, 11) is 0. The van der Waals surface area contributed by atoms with Crippen molar-refractivity contribution < 1.29 is 9.90 Å². The standard InChI is InChI=1S/C14H18ClNO2/c1-11(8-9-17)10-16-14(18)7-4-12-2-5-13(15)6-3-12/h2-7,11,17H,8-10H2,1H3,(H,16,18)/b7-4+. The smallest absolute Gasteiger partial charge is 0.244 e. The molecule has 4 heteroatoms. The third-order valence-corrected chi connectivity index (χ3v) is 2.80. The molecule has 0 aliphatic rings. The maximum atomic E-state index is 11.5. The second-order valence-corrected chi connectivity index (χ2v) is 4.68. The Labute approximate surface area is 112 Å². The monoisotopic (exact) mass is 267 g/mol. The molecule has 2 N–H and O–H groups in total. The summed E-state index contributed by atoms with van der Waals surface area (Å²) in [6.07, 6.45) is 3.93. The molecule has 0 saturated heterocycles. The highest BCUT2D eigenvalue weighted by molar-refractivity contribution is 6.30. The Morgan fingerprint density at radius 1 is 1.44 bits per heavy atom. The maximum absolute atomic E-state index is 11.5. The van der Waals surface area contributed by atoms with E-state index < -0.39 is 0 Å². The minimum absolute atomic E-state index is 0.130. The van der Waals surface area contributed by atoms with Crippen LogP contribution in [0.5, 0.6) is 0 Å². The number of aliphatic hydroxyl groups excluding tert-OH is 1. The first-order valence-electron chi connectivity index (χ1n) is 5.94. The molecule has 0 aliphatic carbocycles. The first-order valence-corrected chi connectivity index (χ1v) is 6.32. The molecule has 1 atom stereocenters. The number of rotatable bonds is 6. The van der Waals surface area contributed by atoms with Crippen molar-refractivity contribution in [3.05, 3.63) is 40.9 Å². The van der Waals surface area contributed by atoms with E-state index in [2.05, 4.69) is 5.32 Å². The van der Waals surface area contributed by atoms with Gasteiger partial charge in [-0.2, -0.15) is 0 Å². The lowest BCUT2D eigenvalue weighted by atomic mass is 10.1. The quantitative estimate of drug-likeness (QED) is 0.778. The van der Waals surface area contributed by atoms with Crippen LogP contribution in [0, 0.1) is 5.92 Å². The van der Waals surface area contributed by atoms with Gasteiger partial charge in [-0.15, -0.1) is 0 Å². The van der Waals surface area contributed by atoms with Crippen LogP contribution in [-0.4, -0.2) is 24.2 Å². The fraction of sp³-hybridized carbons (Fsp3) is 0.357. The zero-order valence-electron chi connectivity index (χ0n) is 10.4. The van der Waals surface area contributed by atoms with E-state index in [4.69, 9.17) is 16.7 Å². The van der Waals surface area contributed by atoms with Crippen LogP contribution in [0.2, 0.25) is 5.02 Å². The van der Waals surface area contributed by atoms with Gasteiger partial charge >= 0.3 is 0 Å². The van der Waals surface area contributed by atoms with Gasteiger partial charge in [0.2, 0.25) is 5.91 Å². The van der Waals surface area contributed by atoms with Crippen molar-refractivity contribution in [3.8, 4) is 0 Å². The highest BCUT2D eigenvalue weighted by Crippen LogP contribution is 2.10. The van der Waals surface area contributed by atoms with Crippen LogP contribution in [0.15, 0.2) is 30.3 Å². The Hall–Kier alpha value is -1.32. The summed E-state index contributed by atoms with van der Waals surface area (Å²) in [5.41, 5.74) is 0.929. The summed E-state index contributed by atoms with van der Waals surface area (Å²) < 4.78 is 0. The van der Waals surface area contributed by atoms with Crippen molar-refractivity contribution in [1.82, 2.24) is 5.32 Å². The Morgan fingerprint density at radius 2 is 2.11 bits per heavy atom. The average molecular weight is 268 g/mol. The molecule has 0 fully saturated rings. The number of aliphatic hydroxyl groups is 1. The predicted molar refractivity (Wildman–Crippen MR) is 74.4 cm³/mol. The molecule has 0 spiro atoms. The van der Waals surface area contributed by atoms with Gasteiger partial charge < -0.3 is 10.4 Å². The maximum Gasteiger partial charge on any atom is 0.244 e. The summed E-state index contributed by atoms with van der Waals surface area (Å²) in [5.74, 6) is 0.151. The number of carbonyl (C=O) groups is 1. The summed E-state index contributed by atoms with van der Waals surface area (Å²) >= 11 is 5.76. The first kappa shape index (κ1) is 14.7. The van der Waals surface area contributed by atoms with Crippen molar-refractivity contribution in [1.29, 1.82) is 0 Å². The Kier molecular flexibility index (Phi) is 6.47. The van der Waals surface area contributed by atoms with E-state index in [0.29, 0.717) is 18.0 Å². The van der Waals surface area contributed by atoms with Crippen LogP contribution in [0.3, 0.4) is 0 Å². The molecule has 98 valence electrons. The molecule has 1 rings (SSSR count). The summed E-state index contributed by atoms with van der Waals surface area (Å²) in [5, 5.41) is 12.2. The molecule has 1 aromatic rings. The number of carbonyl (C=O) groups excluding carboxylic acids is 1. The van der Waals surface area contributed by atoms with Crippen molar-refractivity contribution in [2.75, 3.05) is 13.2 Å². The van der Waals surface area contributed by atoms with E-state index in [9.17, 15) is 4.79 Å². The van der Waals surface area contributed by atoms with E-state index in [1.807, 2.05) is 19.1 Å². The van der Waals surface area contributed by atoms with Gasteiger partial charge in [-0.1, -0.05) is 30.7 Å². The second-order valence-electron chi connectivity index (χ2n) is 4.25. The third kappa shape index (κ3) is 5.84. The second kappa shape index (κ2) is 7.90. The normalized spacial score (nSPS) is 12.6. The van der Waals surface area contributed by atoms with Gasteiger partial charge in [0.05, 0.1) is 0 Å². The number of hydrogen-bond acceptors (Lipinski definition) is 2. The average Bonchev–Trinajstić information content (AvgIpc) is 2.36. The van der Waals surface area contributed by atoms with Gasteiger partial charge in [-0.25, -0.2) is 0 Å². The lowest BCUT2D eigenvalue weighted by molar-refractivity contribution is -0.116. The molecular formula is C14H18ClNO2. The fourth-order valence-electron chi connectivity index (χ4n) is 1.40. The number of benzene rings is 1. The molecule has 3 nitrogen and oxygen atoms in total. The molecule has 0 saturated carbocycles. The molecule has 1 unspecified atom stereocenters. The van der Waals surface area contributed by atoms with Gasteiger partial charge in [-0.3, -0.25) is 4.79 Å².